The van der Waals surface area contributed by atoms with E-state index in [0.29, 0.717) is 5.75 Å². The van der Waals surface area contributed by atoms with Crippen molar-refractivity contribution in [1.82, 2.24) is 4.90 Å². The summed E-state index contributed by atoms with van der Waals surface area (Å²) in [6.07, 6.45) is 7.37. The lowest BCUT2D eigenvalue weighted by Gasteiger charge is -2.60. The number of ether oxygens (including phenoxy) is 1. The van der Waals surface area contributed by atoms with E-state index in [2.05, 4.69) is 47.4 Å². The predicted molar refractivity (Wildman–Crippen MR) is 111 cm³/mol. The molecule has 0 bridgehead atoms. The smallest absolute Gasteiger partial charge is 0.165 e. The lowest BCUT2D eigenvalue weighted by Crippen LogP contribution is -2.66. The average Bonchev–Trinajstić information content (AvgIpc) is 3.12. The number of aliphatic hydroxyl groups is 1. The summed E-state index contributed by atoms with van der Waals surface area (Å²) < 4.78 is 6.29. The zero-order valence-corrected chi connectivity index (χ0v) is 16.6. The van der Waals surface area contributed by atoms with Crippen LogP contribution in [0.3, 0.4) is 0 Å². The van der Waals surface area contributed by atoms with E-state index in [4.69, 9.17) is 4.74 Å². The Hall–Kier alpha value is -2.30. The van der Waals surface area contributed by atoms with E-state index in [9.17, 15) is 10.2 Å². The van der Waals surface area contributed by atoms with Crippen molar-refractivity contribution in [3.63, 3.8) is 0 Å². The molecule has 4 atom stereocenters. The van der Waals surface area contributed by atoms with Gasteiger partial charge in [-0.3, -0.25) is 0 Å². The van der Waals surface area contributed by atoms with E-state index in [1.807, 2.05) is 6.08 Å². The molecule has 4 nitrogen and oxygen atoms in total. The molecule has 2 aromatic carbocycles. The molecule has 4 heteroatoms. The molecule has 2 aliphatic carbocycles. The van der Waals surface area contributed by atoms with Crippen LogP contribution < -0.4 is 4.74 Å². The number of phenols is 1. The second-order valence-corrected chi connectivity index (χ2v) is 9.23. The highest BCUT2D eigenvalue weighted by atomic mass is 16.5. The summed E-state index contributed by atoms with van der Waals surface area (Å²) in [5, 5.41) is 21.3. The number of aliphatic hydroxyl groups excluding tert-OH is 1. The first-order valence-electron chi connectivity index (χ1n) is 10.8. The van der Waals surface area contributed by atoms with Gasteiger partial charge in [-0.15, -0.1) is 0 Å². The summed E-state index contributed by atoms with van der Waals surface area (Å²) in [5.41, 5.74) is 3.57. The average molecular weight is 389 g/mol. The number of likely N-dealkylation sites (tertiary alicyclic amines) is 1. The fourth-order valence-corrected chi connectivity index (χ4v) is 6.61. The van der Waals surface area contributed by atoms with Gasteiger partial charge in [0.25, 0.3) is 0 Å². The maximum absolute atomic E-state index is 10.8. The van der Waals surface area contributed by atoms with Crippen LogP contribution in [0.2, 0.25) is 0 Å². The molecule has 0 radical (unpaired) electrons. The van der Waals surface area contributed by atoms with Gasteiger partial charge in [0, 0.05) is 24.1 Å². The highest BCUT2D eigenvalue weighted by Gasteiger charge is 2.67. The van der Waals surface area contributed by atoms with Crippen molar-refractivity contribution in [2.45, 2.75) is 43.3 Å². The first kappa shape index (κ1) is 17.5. The monoisotopic (exact) mass is 389 g/mol. The van der Waals surface area contributed by atoms with E-state index >= 15 is 0 Å². The van der Waals surface area contributed by atoms with Gasteiger partial charge in [0.15, 0.2) is 11.5 Å². The Bertz CT molecular complexity index is 987. The summed E-state index contributed by atoms with van der Waals surface area (Å²) in [6, 6.07) is 14.5. The summed E-state index contributed by atoms with van der Waals surface area (Å²) in [7, 11) is 0. The highest BCUT2D eigenvalue weighted by Crippen LogP contribution is 2.66. The molecule has 1 spiro atoms. The van der Waals surface area contributed by atoms with Gasteiger partial charge in [0.1, 0.15) is 12.2 Å². The van der Waals surface area contributed by atoms with Gasteiger partial charge in [-0.05, 0) is 49.4 Å². The number of hydrogen-bond donors (Lipinski definition) is 2. The van der Waals surface area contributed by atoms with Gasteiger partial charge in [0.05, 0.1) is 5.41 Å². The first-order chi connectivity index (χ1) is 14.1. The molecule has 0 aromatic heterocycles. The molecule has 6 rings (SSSR count). The van der Waals surface area contributed by atoms with Crippen molar-refractivity contribution in [3.8, 4) is 11.5 Å². The summed E-state index contributed by atoms with van der Waals surface area (Å²) in [4.78, 5) is 2.59. The molecule has 2 unspecified atom stereocenters. The Morgan fingerprint density at radius 2 is 1.97 bits per heavy atom. The van der Waals surface area contributed by atoms with Gasteiger partial charge < -0.3 is 19.8 Å². The van der Waals surface area contributed by atoms with E-state index < -0.39 is 6.10 Å². The fourth-order valence-electron chi connectivity index (χ4n) is 6.61. The summed E-state index contributed by atoms with van der Waals surface area (Å²) >= 11 is 0. The Balaban J connectivity index is 1.38. The molecule has 2 aliphatic heterocycles. The Kier molecular flexibility index (Phi) is 3.69. The SMILES string of the molecule is Oc1ccc2c3c1O[C@H]1[C@@H](O)C=CC4(CC2)CN(CCc2ccccc2)CCC314. The van der Waals surface area contributed by atoms with Crippen LogP contribution >= 0.6 is 0 Å². The third-order valence-corrected chi connectivity index (χ3v) is 7.94. The van der Waals surface area contributed by atoms with Crippen LogP contribution in [0.15, 0.2) is 54.6 Å². The molecule has 4 aliphatic rings. The van der Waals surface area contributed by atoms with Crippen LogP contribution in [0.5, 0.6) is 11.5 Å². The predicted octanol–water partition coefficient (Wildman–Crippen LogP) is 3.20. The third kappa shape index (κ3) is 2.27. The van der Waals surface area contributed by atoms with E-state index in [-0.39, 0.29) is 22.7 Å². The third-order valence-electron chi connectivity index (χ3n) is 7.94. The largest absolute Gasteiger partial charge is 0.504 e. The second kappa shape index (κ2) is 6.10. The van der Waals surface area contributed by atoms with Gasteiger partial charge in [-0.1, -0.05) is 48.6 Å². The second-order valence-electron chi connectivity index (χ2n) is 9.23. The van der Waals surface area contributed by atoms with Crippen LogP contribution in [0, 0.1) is 5.41 Å². The van der Waals surface area contributed by atoms with E-state index in [1.54, 1.807) is 6.07 Å². The quantitative estimate of drug-likeness (QED) is 0.792. The topological polar surface area (TPSA) is 52.9 Å². The number of rotatable bonds is 3. The molecular weight excluding hydrogens is 362 g/mol. The van der Waals surface area contributed by atoms with Crippen molar-refractivity contribution in [2.24, 2.45) is 5.41 Å². The number of aromatic hydroxyl groups is 1. The standard InChI is InChI=1S/C25H27NO3/c27-19-7-6-18-8-11-24-12-9-20(28)23-25(24,21(18)22(19)29-23)13-15-26(16-24)14-10-17-4-2-1-3-5-17/h1-7,9,12,20,23,27-28H,8,10-11,13-16H2/t20-,23-,24?,25?/m0/s1. The molecule has 150 valence electrons. The number of nitrogens with zero attached hydrogens (tertiary/aromatic N) is 1. The molecule has 2 heterocycles. The normalized spacial score (nSPS) is 34.4. The van der Waals surface area contributed by atoms with E-state index in [1.165, 1.54) is 16.7 Å². The lowest BCUT2D eigenvalue weighted by molar-refractivity contribution is -0.0737. The van der Waals surface area contributed by atoms with Gasteiger partial charge in [-0.25, -0.2) is 0 Å². The first-order valence-corrected chi connectivity index (χ1v) is 10.8. The molecule has 1 fully saturated rings. The number of aryl methyl sites for hydroxylation is 1. The van der Waals surface area contributed by atoms with Crippen LogP contribution in [0.4, 0.5) is 0 Å². The minimum absolute atomic E-state index is 0.0438. The van der Waals surface area contributed by atoms with Gasteiger partial charge >= 0.3 is 0 Å². The molecule has 0 saturated carbocycles. The summed E-state index contributed by atoms with van der Waals surface area (Å²) in [6.45, 7) is 3.02. The van der Waals surface area contributed by atoms with Crippen molar-refractivity contribution < 1.29 is 14.9 Å². The lowest BCUT2D eigenvalue weighted by atomic mass is 9.47. The minimum Gasteiger partial charge on any atom is -0.504 e. The minimum atomic E-state index is -0.628. The number of piperidine rings is 1. The highest BCUT2D eigenvalue weighted by molar-refractivity contribution is 5.62. The molecule has 0 amide bonds. The Labute approximate surface area is 171 Å². The zero-order valence-electron chi connectivity index (χ0n) is 16.6. The zero-order chi connectivity index (χ0) is 19.6. The molecule has 29 heavy (non-hydrogen) atoms. The number of hydrogen-bond acceptors (Lipinski definition) is 4. The van der Waals surface area contributed by atoms with Crippen molar-refractivity contribution in [1.29, 1.82) is 0 Å². The van der Waals surface area contributed by atoms with Gasteiger partial charge in [0.2, 0.25) is 0 Å². The van der Waals surface area contributed by atoms with Crippen LogP contribution in [-0.2, 0) is 18.3 Å². The fraction of sp³-hybridized carbons (Fsp3) is 0.440. The van der Waals surface area contributed by atoms with Crippen molar-refractivity contribution in [3.05, 3.63) is 71.3 Å². The molecule has 2 aromatic rings. The maximum atomic E-state index is 10.8. The number of benzene rings is 2. The molecular formula is C25H27NO3. The van der Waals surface area contributed by atoms with Crippen LogP contribution in [0.1, 0.15) is 29.5 Å². The Morgan fingerprint density at radius 1 is 1.10 bits per heavy atom. The molecule has 1 saturated heterocycles. The van der Waals surface area contributed by atoms with Crippen molar-refractivity contribution >= 4 is 0 Å². The van der Waals surface area contributed by atoms with Gasteiger partial charge in [-0.2, -0.15) is 0 Å². The maximum Gasteiger partial charge on any atom is 0.165 e. The Morgan fingerprint density at radius 3 is 2.83 bits per heavy atom. The number of phenolic OH excluding ortho intramolecular Hbond substituents is 1. The van der Waals surface area contributed by atoms with Crippen LogP contribution in [0.25, 0.3) is 0 Å². The van der Waals surface area contributed by atoms with Crippen molar-refractivity contribution in [2.75, 3.05) is 19.6 Å². The summed E-state index contributed by atoms with van der Waals surface area (Å²) in [5.74, 6) is 0.832. The van der Waals surface area contributed by atoms with E-state index in [0.717, 1.165) is 45.3 Å². The van der Waals surface area contributed by atoms with Crippen LogP contribution in [-0.4, -0.2) is 47.0 Å². The molecule has 2 N–H and O–H groups in total.